The van der Waals surface area contributed by atoms with Gasteiger partial charge in [-0.05, 0) is 19.1 Å². The van der Waals surface area contributed by atoms with Gasteiger partial charge < -0.3 is 4.42 Å². The Morgan fingerprint density at radius 1 is 1.29 bits per heavy atom. The van der Waals surface area contributed by atoms with Crippen LogP contribution >= 0.6 is 11.3 Å². The largest absolute Gasteiger partial charge is 0.425 e. The molecule has 3 rings (SSSR count). The second-order valence-corrected chi connectivity index (χ2v) is 7.35. The molecule has 11 heteroatoms. The SMILES string of the molecule is Cc1nc(-n2c(-c3cc(F)c(S(N)(=O)=O)cc3F)coc2=O)cs1. The van der Waals surface area contributed by atoms with Crippen molar-refractivity contribution in [3.63, 3.8) is 0 Å². The average Bonchev–Trinajstić information content (AvgIpc) is 3.05. The maximum Gasteiger partial charge on any atom is 0.425 e. The van der Waals surface area contributed by atoms with Crippen molar-refractivity contribution in [3.05, 3.63) is 51.0 Å². The summed E-state index contributed by atoms with van der Waals surface area (Å²) < 4.78 is 56.5. The number of thiazole rings is 1. The molecule has 0 aliphatic rings. The first-order chi connectivity index (χ1) is 11.2. The summed E-state index contributed by atoms with van der Waals surface area (Å²) in [6.45, 7) is 1.71. The topological polar surface area (TPSA) is 108 Å². The summed E-state index contributed by atoms with van der Waals surface area (Å²) in [4.78, 5) is 15.0. The molecule has 0 atom stereocenters. The van der Waals surface area contributed by atoms with Crippen molar-refractivity contribution in [2.45, 2.75) is 11.8 Å². The molecule has 0 bridgehead atoms. The highest BCUT2D eigenvalue weighted by Gasteiger charge is 2.23. The maximum atomic E-state index is 14.3. The van der Waals surface area contributed by atoms with E-state index in [1.165, 1.54) is 11.3 Å². The minimum Gasteiger partial charge on any atom is -0.415 e. The molecule has 0 aliphatic carbocycles. The van der Waals surface area contributed by atoms with Gasteiger partial charge in [0.1, 0.15) is 22.8 Å². The Balaban J connectivity index is 2.25. The molecule has 0 amide bonds. The first kappa shape index (κ1) is 16.5. The fourth-order valence-corrected chi connectivity index (χ4v) is 3.29. The Morgan fingerprint density at radius 2 is 2.00 bits per heavy atom. The van der Waals surface area contributed by atoms with E-state index in [1.54, 1.807) is 12.3 Å². The van der Waals surface area contributed by atoms with E-state index in [0.29, 0.717) is 17.1 Å². The Hall–Kier alpha value is -2.37. The summed E-state index contributed by atoms with van der Waals surface area (Å²) >= 11 is 1.25. The zero-order valence-electron chi connectivity index (χ0n) is 12.0. The number of nitrogens with two attached hydrogens (primary N) is 1. The minimum atomic E-state index is -4.43. The van der Waals surface area contributed by atoms with Gasteiger partial charge >= 0.3 is 5.76 Å². The lowest BCUT2D eigenvalue weighted by atomic mass is 10.1. The van der Waals surface area contributed by atoms with E-state index in [4.69, 9.17) is 9.56 Å². The average molecular weight is 373 g/mol. The Kier molecular flexibility index (Phi) is 3.86. The fourth-order valence-electron chi connectivity index (χ4n) is 2.11. The normalized spacial score (nSPS) is 11.8. The molecule has 3 aromatic rings. The van der Waals surface area contributed by atoms with Crippen LogP contribution in [0.15, 0.2) is 37.9 Å². The van der Waals surface area contributed by atoms with Crippen molar-refractivity contribution in [2.24, 2.45) is 5.14 Å². The molecule has 7 nitrogen and oxygen atoms in total. The molecule has 0 spiro atoms. The number of primary sulfonamides is 1. The first-order valence-electron chi connectivity index (χ1n) is 6.33. The van der Waals surface area contributed by atoms with Crippen LogP contribution in [0.25, 0.3) is 17.1 Å². The number of halogens is 2. The molecule has 0 saturated heterocycles. The van der Waals surface area contributed by atoms with Gasteiger partial charge in [0.25, 0.3) is 0 Å². The van der Waals surface area contributed by atoms with E-state index in [9.17, 15) is 22.0 Å². The molecule has 24 heavy (non-hydrogen) atoms. The molecular weight excluding hydrogens is 364 g/mol. The maximum absolute atomic E-state index is 14.3. The molecule has 1 aromatic carbocycles. The summed E-state index contributed by atoms with van der Waals surface area (Å²) in [7, 11) is -4.43. The molecule has 0 saturated carbocycles. The molecule has 0 aliphatic heterocycles. The summed E-state index contributed by atoms with van der Waals surface area (Å²) in [5.41, 5.74) is -0.473. The van der Waals surface area contributed by atoms with Crippen LogP contribution in [0.1, 0.15) is 5.01 Å². The van der Waals surface area contributed by atoms with E-state index in [-0.39, 0.29) is 17.1 Å². The molecule has 2 aromatic heterocycles. The number of rotatable bonds is 3. The number of oxazole rings is 1. The van der Waals surface area contributed by atoms with Gasteiger partial charge in [-0.1, -0.05) is 0 Å². The predicted molar refractivity (Wildman–Crippen MR) is 81.4 cm³/mol. The van der Waals surface area contributed by atoms with Crippen LogP contribution in [0.2, 0.25) is 0 Å². The van der Waals surface area contributed by atoms with Gasteiger partial charge in [-0.25, -0.2) is 36.7 Å². The van der Waals surface area contributed by atoms with Crippen LogP contribution in [0.3, 0.4) is 0 Å². The van der Waals surface area contributed by atoms with E-state index < -0.39 is 32.3 Å². The van der Waals surface area contributed by atoms with Crippen molar-refractivity contribution >= 4 is 21.4 Å². The lowest BCUT2D eigenvalue weighted by Crippen LogP contribution is -2.16. The smallest absolute Gasteiger partial charge is 0.415 e. The lowest BCUT2D eigenvalue weighted by Gasteiger charge is -2.07. The third-order valence-corrected chi connectivity index (χ3v) is 4.82. The zero-order valence-corrected chi connectivity index (χ0v) is 13.6. The molecule has 2 N–H and O–H groups in total. The first-order valence-corrected chi connectivity index (χ1v) is 8.76. The van der Waals surface area contributed by atoms with Crippen molar-refractivity contribution < 1.29 is 21.6 Å². The van der Waals surface area contributed by atoms with Gasteiger partial charge in [0.2, 0.25) is 10.0 Å². The molecule has 0 unspecified atom stereocenters. The van der Waals surface area contributed by atoms with Crippen LogP contribution in [-0.2, 0) is 10.0 Å². The minimum absolute atomic E-state index is 0.109. The van der Waals surface area contributed by atoms with Crippen molar-refractivity contribution in [1.29, 1.82) is 0 Å². The number of benzene rings is 1. The van der Waals surface area contributed by atoms with E-state index in [1.807, 2.05) is 0 Å². The quantitative estimate of drug-likeness (QED) is 0.753. The predicted octanol–water partition coefficient (Wildman–Crippen LogP) is 1.79. The lowest BCUT2D eigenvalue weighted by molar-refractivity contribution is 0.503. The monoisotopic (exact) mass is 373 g/mol. The molecule has 0 fully saturated rings. The van der Waals surface area contributed by atoms with Gasteiger partial charge in [-0.2, -0.15) is 0 Å². The summed E-state index contributed by atoms with van der Waals surface area (Å²) in [6.07, 6.45) is 0.936. The second-order valence-electron chi connectivity index (χ2n) is 4.75. The highest BCUT2D eigenvalue weighted by atomic mass is 32.2. The summed E-state index contributed by atoms with van der Waals surface area (Å²) in [5, 5.41) is 7.02. The standard InChI is InChI=1S/C13H9F2N3O4S2/c1-6-17-12(5-23-6)18-10(4-22-13(18)19)7-2-9(15)11(3-8(7)14)24(16,20)21/h2-5H,1H3,(H2,16,20,21). The summed E-state index contributed by atoms with van der Waals surface area (Å²) in [6, 6.07) is 1.09. The number of aryl methyl sites for hydroxylation is 1. The Bertz CT molecular complexity index is 1100. The van der Waals surface area contributed by atoms with E-state index >= 15 is 0 Å². The Morgan fingerprint density at radius 3 is 2.58 bits per heavy atom. The summed E-state index contributed by atoms with van der Waals surface area (Å²) in [5.74, 6) is -2.99. The highest BCUT2D eigenvalue weighted by molar-refractivity contribution is 7.89. The third-order valence-electron chi connectivity index (χ3n) is 3.13. The van der Waals surface area contributed by atoms with Gasteiger partial charge in [0, 0.05) is 10.9 Å². The Labute approximate surface area is 138 Å². The number of sulfonamides is 1. The second kappa shape index (κ2) is 5.61. The molecular formula is C13H9F2N3O4S2. The van der Waals surface area contributed by atoms with Crippen LogP contribution < -0.4 is 10.9 Å². The molecule has 126 valence electrons. The van der Waals surface area contributed by atoms with Crippen LogP contribution in [0.5, 0.6) is 0 Å². The van der Waals surface area contributed by atoms with E-state index in [2.05, 4.69) is 4.98 Å². The van der Waals surface area contributed by atoms with Gasteiger partial charge in [-0.15, -0.1) is 11.3 Å². The molecule has 0 radical (unpaired) electrons. The van der Waals surface area contributed by atoms with Crippen molar-refractivity contribution in [3.8, 4) is 17.1 Å². The van der Waals surface area contributed by atoms with Crippen molar-refractivity contribution in [2.75, 3.05) is 0 Å². The van der Waals surface area contributed by atoms with Crippen LogP contribution in [0, 0.1) is 18.6 Å². The number of aromatic nitrogens is 2. The van der Waals surface area contributed by atoms with Gasteiger partial charge in [0.05, 0.1) is 10.7 Å². The van der Waals surface area contributed by atoms with E-state index in [0.717, 1.165) is 10.8 Å². The number of nitrogens with zero attached hydrogens (tertiary/aromatic N) is 2. The van der Waals surface area contributed by atoms with Crippen LogP contribution in [0.4, 0.5) is 8.78 Å². The van der Waals surface area contributed by atoms with Gasteiger partial charge in [-0.3, -0.25) is 0 Å². The highest BCUT2D eigenvalue weighted by Crippen LogP contribution is 2.28. The molecule has 2 heterocycles. The van der Waals surface area contributed by atoms with Gasteiger partial charge in [0.15, 0.2) is 5.82 Å². The van der Waals surface area contributed by atoms with Crippen molar-refractivity contribution in [1.82, 2.24) is 9.55 Å². The number of hydrogen-bond acceptors (Lipinski definition) is 6. The number of hydrogen-bond donors (Lipinski definition) is 1. The zero-order chi connectivity index (χ0) is 17.6. The fraction of sp³-hybridized carbons (Fsp3) is 0.0769. The third kappa shape index (κ3) is 2.77. The van der Waals surface area contributed by atoms with Crippen LogP contribution in [-0.4, -0.2) is 18.0 Å².